The normalized spacial score (nSPS) is 10.7. The van der Waals surface area contributed by atoms with Crippen molar-refractivity contribution >= 4 is 12.2 Å². The van der Waals surface area contributed by atoms with Crippen LogP contribution in [0.25, 0.3) is 22.5 Å². The number of methoxy groups -OCH3 is 4. The van der Waals surface area contributed by atoms with Crippen molar-refractivity contribution in [3.8, 4) is 45.5 Å². The van der Waals surface area contributed by atoms with Gasteiger partial charge in [-0.3, -0.25) is 0 Å². The van der Waals surface area contributed by atoms with Gasteiger partial charge in [0, 0.05) is 22.8 Å². The highest BCUT2D eigenvalue weighted by Crippen LogP contribution is 2.33. The van der Waals surface area contributed by atoms with Crippen molar-refractivity contribution in [1.29, 1.82) is 0 Å². The van der Waals surface area contributed by atoms with Crippen molar-refractivity contribution in [1.82, 2.24) is 9.97 Å². The first-order valence-corrected chi connectivity index (χ1v) is 10.8. The maximum atomic E-state index is 5.47. The third-order valence-corrected chi connectivity index (χ3v) is 5.28. The highest BCUT2D eigenvalue weighted by Gasteiger charge is 2.12. The lowest BCUT2D eigenvalue weighted by atomic mass is 10.1. The van der Waals surface area contributed by atoms with Crippen LogP contribution in [0.3, 0.4) is 0 Å². The van der Waals surface area contributed by atoms with Crippen LogP contribution >= 0.6 is 0 Å². The number of ether oxygens (including phenoxy) is 4. The van der Waals surface area contributed by atoms with Gasteiger partial charge in [-0.15, -0.1) is 0 Å². The van der Waals surface area contributed by atoms with Crippen LogP contribution in [-0.2, 0) is 0 Å². The summed E-state index contributed by atoms with van der Waals surface area (Å²) in [4.78, 5) is 9.34. The lowest BCUT2D eigenvalue weighted by Crippen LogP contribution is -2.01. The van der Waals surface area contributed by atoms with Gasteiger partial charge in [-0.25, -0.2) is 15.4 Å². The van der Waals surface area contributed by atoms with Crippen LogP contribution in [0.2, 0.25) is 0 Å². The smallest absolute Gasteiger partial charge is 0.244 e. The van der Waals surface area contributed by atoms with E-state index >= 15 is 0 Å². The predicted octanol–water partition coefficient (Wildman–Crippen LogP) is 5.29. The van der Waals surface area contributed by atoms with Gasteiger partial charge in [0.15, 0.2) is 11.5 Å². The first-order valence-electron chi connectivity index (χ1n) is 10.8. The molecule has 0 fully saturated rings. The third kappa shape index (κ3) is 5.50. The average molecular weight is 471 g/mol. The molecule has 4 aromatic rings. The van der Waals surface area contributed by atoms with Gasteiger partial charge in [0.25, 0.3) is 0 Å². The van der Waals surface area contributed by atoms with E-state index in [1.165, 1.54) is 0 Å². The number of nitrogens with zero attached hydrogens (tertiary/aromatic N) is 3. The minimum absolute atomic E-state index is 0.347. The van der Waals surface area contributed by atoms with Crippen molar-refractivity contribution in [3.63, 3.8) is 0 Å². The zero-order valence-electron chi connectivity index (χ0n) is 20.0. The molecule has 178 valence electrons. The molecule has 0 saturated heterocycles. The van der Waals surface area contributed by atoms with E-state index in [0.29, 0.717) is 34.6 Å². The number of hydrazone groups is 1. The van der Waals surface area contributed by atoms with Gasteiger partial charge in [-0.2, -0.15) is 5.10 Å². The molecule has 0 aliphatic heterocycles. The zero-order chi connectivity index (χ0) is 24.6. The van der Waals surface area contributed by atoms with Crippen LogP contribution in [0.5, 0.6) is 23.0 Å². The van der Waals surface area contributed by atoms with E-state index in [4.69, 9.17) is 18.9 Å². The Morgan fingerprint density at radius 3 is 2.06 bits per heavy atom. The van der Waals surface area contributed by atoms with Crippen molar-refractivity contribution in [3.05, 3.63) is 78.4 Å². The molecular weight excluding hydrogens is 444 g/mol. The molecule has 35 heavy (non-hydrogen) atoms. The Bertz CT molecular complexity index is 1330. The van der Waals surface area contributed by atoms with E-state index in [9.17, 15) is 0 Å². The Morgan fingerprint density at radius 2 is 1.37 bits per heavy atom. The average Bonchev–Trinajstić information content (AvgIpc) is 2.93. The SMILES string of the molecule is COc1ccc(C=NNc2nc(-c3ccccc3)cc(-c3ccc(OC)c(OC)c3)n2)c(OC)c1. The molecule has 0 saturated carbocycles. The summed E-state index contributed by atoms with van der Waals surface area (Å²) in [6, 6.07) is 23.0. The fraction of sp³-hybridized carbons (Fsp3) is 0.148. The Hall–Kier alpha value is -4.59. The van der Waals surface area contributed by atoms with Gasteiger partial charge in [-0.1, -0.05) is 30.3 Å². The molecule has 4 rings (SSSR count). The number of anilines is 1. The number of benzene rings is 3. The highest BCUT2D eigenvalue weighted by atomic mass is 16.5. The molecule has 0 amide bonds. The first-order chi connectivity index (χ1) is 17.1. The molecule has 1 aromatic heterocycles. The van der Waals surface area contributed by atoms with Gasteiger partial charge in [0.2, 0.25) is 5.95 Å². The maximum absolute atomic E-state index is 5.47. The van der Waals surface area contributed by atoms with Crippen LogP contribution in [0.4, 0.5) is 5.95 Å². The molecular formula is C27H26N4O4. The van der Waals surface area contributed by atoms with Gasteiger partial charge in [0.05, 0.1) is 46.0 Å². The first kappa shape index (κ1) is 23.6. The number of hydrogen-bond donors (Lipinski definition) is 1. The molecule has 0 bridgehead atoms. The second-order valence-electron chi connectivity index (χ2n) is 7.38. The van der Waals surface area contributed by atoms with Crippen LogP contribution in [0.1, 0.15) is 5.56 Å². The van der Waals surface area contributed by atoms with Crippen LogP contribution in [0.15, 0.2) is 77.9 Å². The van der Waals surface area contributed by atoms with Crippen molar-refractivity contribution in [2.75, 3.05) is 33.9 Å². The molecule has 0 radical (unpaired) electrons. The van der Waals surface area contributed by atoms with E-state index in [2.05, 4.69) is 20.5 Å². The van der Waals surface area contributed by atoms with E-state index in [0.717, 1.165) is 22.4 Å². The summed E-state index contributed by atoms with van der Waals surface area (Å²) in [5.74, 6) is 2.94. The Morgan fingerprint density at radius 1 is 0.657 bits per heavy atom. The fourth-order valence-corrected chi connectivity index (χ4v) is 3.48. The summed E-state index contributed by atoms with van der Waals surface area (Å²) in [5.41, 5.74) is 7.00. The topological polar surface area (TPSA) is 87.1 Å². The zero-order valence-corrected chi connectivity index (χ0v) is 20.0. The summed E-state index contributed by atoms with van der Waals surface area (Å²) in [7, 11) is 6.41. The minimum Gasteiger partial charge on any atom is -0.497 e. The molecule has 0 unspecified atom stereocenters. The number of nitrogens with one attached hydrogen (secondary N) is 1. The lowest BCUT2D eigenvalue weighted by Gasteiger charge is -2.11. The second kappa shape index (κ2) is 11.0. The van der Waals surface area contributed by atoms with Crippen LogP contribution in [0, 0.1) is 0 Å². The molecule has 3 aromatic carbocycles. The predicted molar refractivity (Wildman–Crippen MR) is 137 cm³/mol. The monoisotopic (exact) mass is 470 g/mol. The number of rotatable bonds is 9. The Balaban J connectivity index is 1.70. The largest absolute Gasteiger partial charge is 0.497 e. The fourth-order valence-electron chi connectivity index (χ4n) is 3.48. The number of aromatic nitrogens is 2. The van der Waals surface area contributed by atoms with Gasteiger partial charge in [0.1, 0.15) is 11.5 Å². The van der Waals surface area contributed by atoms with Crippen molar-refractivity contribution in [2.45, 2.75) is 0 Å². The Labute approximate surface area is 204 Å². The van der Waals surface area contributed by atoms with Crippen molar-refractivity contribution < 1.29 is 18.9 Å². The van der Waals surface area contributed by atoms with Gasteiger partial charge in [-0.05, 0) is 36.4 Å². The molecule has 1 N–H and O–H groups in total. The van der Waals surface area contributed by atoms with Crippen LogP contribution in [-0.4, -0.2) is 44.6 Å². The molecule has 1 heterocycles. The lowest BCUT2D eigenvalue weighted by molar-refractivity contribution is 0.355. The summed E-state index contributed by atoms with van der Waals surface area (Å²) < 4.78 is 21.5. The summed E-state index contributed by atoms with van der Waals surface area (Å²) in [6.45, 7) is 0. The van der Waals surface area contributed by atoms with Crippen molar-refractivity contribution in [2.24, 2.45) is 5.10 Å². The van der Waals surface area contributed by atoms with Crippen LogP contribution < -0.4 is 24.4 Å². The molecule has 0 atom stereocenters. The maximum Gasteiger partial charge on any atom is 0.244 e. The summed E-state index contributed by atoms with van der Waals surface area (Å²) >= 11 is 0. The molecule has 0 spiro atoms. The standard InChI is InChI=1S/C27H26N4O4/c1-32-21-12-10-20(25(15-21)34-3)17-28-31-27-29-22(18-8-6-5-7-9-18)16-23(30-27)19-11-13-24(33-2)26(14-19)35-4/h5-17H,1-4H3,(H,29,30,31). The van der Waals surface area contributed by atoms with Gasteiger partial charge >= 0.3 is 0 Å². The Kier molecular flexibility index (Phi) is 7.42. The third-order valence-electron chi connectivity index (χ3n) is 5.28. The van der Waals surface area contributed by atoms with E-state index in [1.54, 1.807) is 40.7 Å². The molecule has 0 aliphatic carbocycles. The second-order valence-corrected chi connectivity index (χ2v) is 7.38. The summed E-state index contributed by atoms with van der Waals surface area (Å²) in [6.07, 6.45) is 1.65. The van der Waals surface area contributed by atoms with E-state index < -0.39 is 0 Å². The molecule has 0 aliphatic rings. The quantitative estimate of drug-likeness (QED) is 0.263. The number of hydrogen-bond acceptors (Lipinski definition) is 8. The molecule has 8 heteroatoms. The molecule has 8 nitrogen and oxygen atoms in total. The van der Waals surface area contributed by atoms with Gasteiger partial charge < -0.3 is 18.9 Å². The minimum atomic E-state index is 0.347. The van der Waals surface area contributed by atoms with E-state index in [1.807, 2.05) is 66.7 Å². The highest BCUT2D eigenvalue weighted by molar-refractivity contribution is 5.84. The summed E-state index contributed by atoms with van der Waals surface area (Å²) in [5, 5.41) is 4.34. The van der Waals surface area contributed by atoms with E-state index in [-0.39, 0.29) is 0 Å².